The topological polar surface area (TPSA) is 55.0 Å². The van der Waals surface area contributed by atoms with Crippen molar-refractivity contribution in [3.8, 4) is 0 Å². The normalized spacial score (nSPS) is 10.5. The van der Waals surface area contributed by atoms with Crippen LogP contribution in [0.3, 0.4) is 0 Å². The number of anilines is 2. The van der Waals surface area contributed by atoms with Crippen LogP contribution in [0.25, 0.3) is 0 Å². The molecule has 1 aromatic heterocycles. The number of hydrogen-bond donors (Lipinski definition) is 1. The van der Waals surface area contributed by atoms with E-state index in [1.54, 1.807) is 11.3 Å². The lowest BCUT2D eigenvalue weighted by Gasteiger charge is -2.04. The van der Waals surface area contributed by atoms with E-state index in [9.17, 15) is 0 Å². The van der Waals surface area contributed by atoms with Crippen LogP contribution in [-0.2, 0) is 0 Å². The summed E-state index contributed by atoms with van der Waals surface area (Å²) in [6, 6.07) is 5.82. The molecule has 2 rings (SSSR count). The van der Waals surface area contributed by atoms with Gasteiger partial charge in [-0.3, -0.25) is 0 Å². The molecule has 7 heteroatoms. The lowest BCUT2D eigenvalue weighted by atomic mass is 10.3. The van der Waals surface area contributed by atoms with Crippen LogP contribution in [0.2, 0.25) is 0 Å². The van der Waals surface area contributed by atoms with Crippen molar-refractivity contribution >= 4 is 49.8 Å². The molecule has 2 aromatic rings. The van der Waals surface area contributed by atoms with Gasteiger partial charge in [-0.1, -0.05) is 39.0 Å². The highest BCUT2D eigenvalue weighted by atomic mass is 79.9. The van der Waals surface area contributed by atoms with Crippen LogP contribution >= 0.6 is 39.0 Å². The van der Waals surface area contributed by atoms with Gasteiger partial charge in [-0.25, -0.2) is 0 Å². The molecule has 4 nitrogen and oxygen atoms in total. The summed E-state index contributed by atoms with van der Waals surface area (Å²) in [6.45, 7) is 0. The molecular formula is C10H11BrN4S2. The van der Waals surface area contributed by atoms with Crippen molar-refractivity contribution in [3.63, 3.8) is 0 Å². The van der Waals surface area contributed by atoms with Gasteiger partial charge in [0.1, 0.15) is 0 Å². The summed E-state index contributed by atoms with van der Waals surface area (Å²) >= 11 is 6.47. The Bertz CT molecular complexity index is 527. The van der Waals surface area contributed by atoms with Gasteiger partial charge < -0.3 is 10.6 Å². The van der Waals surface area contributed by atoms with Crippen molar-refractivity contribution in [3.05, 3.63) is 22.7 Å². The lowest BCUT2D eigenvalue weighted by molar-refractivity contribution is 0.973. The van der Waals surface area contributed by atoms with Gasteiger partial charge in [0, 0.05) is 29.2 Å². The number of halogens is 1. The van der Waals surface area contributed by atoms with Gasteiger partial charge in [0.05, 0.1) is 0 Å². The summed E-state index contributed by atoms with van der Waals surface area (Å²) in [4.78, 5) is 2.93. The molecule has 0 aliphatic heterocycles. The molecule has 1 heterocycles. The molecule has 1 aromatic carbocycles. The first-order valence-electron chi connectivity index (χ1n) is 4.80. The number of nitrogens with zero attached hydrogens (tertiary/aromatic N) is 3. The molecule has 0 aliphatic carbocycles. The maximum Gasteiger partial charge on any atom is 0.208 e. The van der Waals surface area contributed by atoms with Gasteiger partial charge in [0.2, 0.25) is 5.13 Å². The molecule has 0 saturated heterocycles. The Hall–Kier alpha value is -0.790. The third-order valence-corrected chi connectivity index (χ3v) is 4.67. The van der Waals surface area contributed by atoms with E-state index in [0.29, 0.717) is 0 Å². The van der Waals surface area contributed by atoms with E-state index in [2.05, 4.69) is 26.1 Å². The van der Waals surface area contributed by atoms with Crippen LogP contribution in [-0.4, -0.2) is 24.3 Å². The largest absolute Gasteiger partial charge is 0.398 e. The van der Waals surface area contributed by atoms with E-state index in [-0.39, 0.29) is 0 Å². The average molecular weight is 331 g/mol. The molecule has 0 spiro atoms. The average Bonchev–Trinajstić information content (AvgIpc) is 2.71. The first-order chi connectivity index (χ1) is 8.06. The first kappa shape index (κ1) is 12.7. The molecule has 17 heavy (non-hydrogen) atoms. The van der Waals surface area contributed by atoms with Gasteiger partial charge >= 0.3 is 0 Å². The third-order valence-electron chi connectivity index (χ3n) is 1.95. The second-order valence-electron chi connectivity index (χ2n) is 3.53. The Morgan fingerprint density at radius 3 is 2.71 bits per heavy atom. The van der Waals surface area contributed by atoms with Gasteiger partial charge in [-0.15, -0.1) is 10.2 Å². The Morgan fingerprint density at radius 1 is 1.35 bits per heavy atom. The molecule has 0 radical (unpaired) electrons. The van der Waals surface area contributed by atoms with E-state index in [0.717, 1.165) is 24.5 Å². The molecule has 0 amide bonds. The van der Waals surface area contributed by atoms with Crippen molar-refractivity contribution in [1.82, 2.24) is 10.2 Å². The van der Waals surface area contributed by atoms with Crippen LogP contribution in [0.5, 0.6) is 0 Å². The SMILES string of the molecule is CN(C)c1nnc(Sc2ccc(Br)cc2N)s1. The Balaban J connectivity index is 2.19. The van der Waals surface area contributed by atoms with Crippen LogP contribution in [0.1, 0.15) is 0 Å². The van der Waals surface area contributed by atoms with Crippen LogP contribution in [0.15, 0.2) is 31.9 Å². The molecule has 0 fully saturated rings. The van der Waals surface area contributed by atoms with E-state index in [4.69, 9.17) is 5.73 Å². The first-order valence-corrected chi connectivity index (χ1v) is 7.22. The predicted molar refractivity (Wildman–Crippen MR) is 76.9 cm³/mol. The summed E-state index contributed by atoms with van der Waals surface area (Å²) in [5.41, 5.74) is 6.67. The molecular weight excluding hydrogens is 320 g/mol. The summed E-state index contributed by atoms with van der Waals surface area (Å²) in [5, 5.41) is 9.09. The number of benzene rings is 1. The fraction of sp³-hybridized carbons (Fsp3) is 0.200. The molecule has 0 saturated carbocycles. The number of hydrogen-bond acceptors (Lipinski definition) is 6. The minimum atomic E-state index is 0.742. The number of rotatable bonds is 3. The zero-order valence-electron chi connectivity index (χ0n) is 9.35. The Kier molecular flexibility index (Phi) is 3.90. The highest BCUT2D eigenvalue weighted by molar-refractivity contribution is 9.10. The maximum absolute atomic E-state index is 5.93. The predicted octanol–water partition coefficient (Wildman–Crippen LogP) is 3.10. The third kappa shape index (κ3) is 3.11. The summed E-state index contributed by atoms with van der Waals surface area (Å²) in [5.74, 6) is 0. The Labute approximate surface area is 116 Å². The number of nitrogens with two attached hydrogens (primary N) is 1. The Morgan fingerprint density at radius 2 is 2.12 bits per heavy atom. The second kappa shape index (κ2) is 5.24. The fourth-order valence-electron chi connectivity index (χ4n) is 1.13. The van der Waals surface area contributed by atoms with E-state index < -0.39 is 0 Å². The minimum absolute atomic E-state index is 0.742. The quantitative estimate of drug-likeness (QED) is 0.876. The van der Waals surface area contributed by atoms with Gasteiger partial charge in [0.25, 0.3) is 0 Å². The maximum atomic E-state index is 5.93. The monoisotopic (exact) mass is 330 g/mol. The summed E-state index contributed by atoms with van der Waals surface area (Å²) in [7, 11) is 3.89. The molecule has 90 valence electrons. The van der Waals surface area contributed by atoms with Crippen LogP contribution in [0, 0.1) is 0 Å². The number of nitrogen functional groups attached to an aromatic ring is 1. The van der Waals surface area contributed by atoms with Crippen molar-refractivity contribution < 1.29 is 0 Å². The van der Waals surface area contributed by atoms with Crippen molar-refractivity contribution in [2.75, 3.05) is 24.7 Å². The van der Waals surface area contributed by atoms with Gasteiger partial charge in [-0.05, 0) is 18.2 Å². The minimum Gasteiger partial charge on any atom is -0.398 e. The fourth-order valence-corrected chi connectivity index (χ4v) is 3.25. The number of aromatic nitrogens is 2. The van der Waals surface area contributed by atoms with E-state index >= 15 is 0 Å². The van der Waals surface area contributed by atoms with Crippen LogP contribution in [0.4, 0.5) is 10.8 Å². The standard InChI is InChI=1S/C10H11BrN4S2/c1-15(2)9-13-14-10(17-9)16-8-4-3-6(11)5-7(8)12/h3-5H,12H2,1-2H3. The highest BCUT2D eigenvalue weighted by Gasteiger charge is 2.09. The van der Waals surface area contributed by atoms with Gasteiger partial charge in [0.15, 0.2) is 4.34 Å². The highest BCUT2D eigenvalue weighted by Crippen LogP contribution is 2.36. The summed E-state index contributed by atoms with van der Waals surface area (Å²) < 4.78 is 1.87. The van der Waals surface area contributed by atoms with Gasteiger partial charge in [-0.2, -0.15) is 0 Å². The summed E-state index contributed by atoms with van der Waals surface area (Å²) in [6.07, 6.45) is 0. The molecule has 0 aliphatic rings. The lowest BCUT2D eigenvalue weighted by Crippen LogP contribution is -2.07. The molecule has 0 bridgehead atoms. The molecule has 0 atom stereocenters. The molecule has 0 unspecified atom stereocenters. The van der Waals surface area contributed by atoms with Crippen molar-refractivity contribution in [2.24, 2.45) is 0 Å². The van der Waals surface area contributed by atoms with E-state index in [1.165, 1.54) is 11.8 Å². The van der Waals surface area contributed by atoms with E-state index in [1.807, 2.05) is 37.2 Å². The zero-order chi connectivity index (χ0) is 12.4. The smallest absolute Gasteiger partial charge is 0.208 e. The van der Waals surface area contributed by atoms with Crippen LogP contribution < -0.4 is 10.6 Å². The second-order valence-corrected chi connectivity index (χ2v) is 6.69. The molecule has 2 N–H and O–H groups in total. The van der Waals surface area contributed by atoms with Crippen molar-refractivity contribution in [1.29, 1.82) is 0 Å². The zero-order valence-corrected chi connectivity index (χ0v) is 12.6. The van der Waals surface area contributed by atoms with Crippen molar-refractivity contribution in [2.45, 2.75) is 9.24 Å².